The van der Waals surface area contributed by atoms with Crippen molar-refractivity contribution in [1.82, 2.24) is 15.3 Å². The maximum Gasteiger partial charge on any atom is 0.220 e. The SMILES string of the molecule is C[C@@H](NC(=O)CCCc1nc2ccccc2s1)c1ccncc1. The van der Waals surface area contributed by atoms with Crippen LogP contribution in [-0.4, -0.2) is 15.9 Å². The van der Waals surface area contributed by atoms with E-state index in [4.69, 9.17) is 0 Å². The lowest BCUT2D eigenvalue weighted by atomic mass is 10.1. The average Bonchev–Trinajstić information content (AvgIpc) is 2.98. The summed E-state index contributed by atoms with van der Waals surface area (Å²) in [5, 5.41) is 4.12. The number of thiazole rings is 1. The van der Waals surface area contributed by atoms with Crippen LogP contribution in [0.5, 0.6) is 0 Å². The van der Waals surface area contributed by atoms with E-state index < -0.39 is 0 Å². The number of hydrogen-bond acceptors (Lipinski definition) is 4. The number of carbonyl (C=O) groups is 1. The molecule has 0 saturated carbocycles. The van der Waals surface area contributed by atoms with Crippen LogP contribution in [0, 0.1) is 0 Å². The number of amides is 1. The second-order valence-corrected chi connectivity index (χ2v) is 6.61. The molecule has 3 aromatic rings. The molecule has 1 N–H and O–H groups in total. The van der Waals surface area contributed by atoms with Crippen LogP contribution < -0.4 is 5.32 Å². The van der Waals surface area contributed by atoms with Gasteiger partial charge < -0.3 is 5.32 Å². The summed E-state index contributed by atoms with van der Waals surface area (Å²) in [4.78, 5) is 20.6. The number of rotatable bonds is 6. The van der Waals surface area contributed by atoms with Gasteiger partial charge in [-0.1, -0.05) is 12.1 Å². The first-order valence-electron chi connectivity index (χ1n) is 7.76. The van der Waals surface area contributed by atoms with E-state index in [1.54, 1.807) is 23.7 Å². The van der Waals surface area contributed by atoms with Crippen molar-refractivity contribution in [3.05, 3.63) is 59.4 Å². The van der Waals surface area contributed by atoms with E-state index in [2.05, 4.69) is 21.4 Å². The Morgan fingerprint density at radius 3 is 2.78 bits per heavy atom. The van der Waals surface area contributed by atoms with Crippen molar-refractivity contribution in [2.75, 3.05) is 0 Å². The van der Waals surface area contributed by atoms with Gasteiger partial charge in [-0.3, -0.25) is 9.78 Å². The molecular formula is C18H19N3OS. The summed E-state index contributed by atoms with van der Waals surface area (Å²) >= 11 is 1.71. The summed E-state index contributed by atoms with van der Waals surface area (Å²) in [5.74, 6) is 0.0791. The third-order valence-corrected chi connectivity index (χ3v) is 4.81. The van der Waals surface area contributed by atoms with Crippen LogP contribution in [0.3, 0.4) is 0 Å². The summed E-state index contributed by atoms with van der Waals surface area (Å²) in [6.07, 6.45) is 5.66. The zero-order valence-corrected chi connectivity index (χ0v) is 13.8. The highest BCUT2D eigenvalue weighted by Crippen LogP contribution is 2.22. The van der Waals surface area contributed by atoms with Gasteiger partial charge in [0.05, 0.1) is 21.3 Å². The fourth-order valence-electron chi connectivity index (χ4n) is 2.48. The Balaban J connectivity index is 1.47. The standard InChI is InChI=1S/C18H19N3OS/c1-13(14-9-11-19-12-10-14)20-17(22)7-4-8-18-21-15-5-2-3-6-16(15)23-18/h2-3,5-6,9-13H,4,7-8H2,1H3,(H,20,22)/t13-/m1/s1. The Kier molecular flexibility index (Phi) is 4.98. The van der Waals surface area contributed by atoms with Crippen molar-refractivity contribution < 1.29 is 4.79 Å². The number of aryl methyl sites for hydroxylation is 1. The van der Waals surface area contributed by atoms with Gasteiger partial charge in [-0.05, 0) is 49.6 Å². The molecule has 2 heterocycles. The Morgan fingerprint density at radius 1 is 1.22 bits per heavy atom. The highest BCUT2D eigenvalue weighted by Gasteiger charge is 2.10. The number of pyridine rings is 1. The first kappa shape index (κ1) is 15.6. The molecule has 0 radical (unpaired) electrons. The second-order valence-electron chi connectivity index (χ2n) is 5.50. The number of hydrogen-bond donors (Lipinski definition) is 1. The molecule has 0 bridgehead atoms. The third kappa shape index (κ3) is 4.13. The Labute approximate surface area is 139 Å². The van der Waals surface area contributed by atoms with E-state index >= 15 is 0 Å². The molecule has 1 aromatic carbocycles. The number of fused-ring (bicyclic) bond motifs is 1. The van der Waals surface area contributed by atoms with Gasteiger partial charge in [-0.2, -0.15) is 0 Å². The number of para-hydroxylation sites is 1. The number of carbonyl (C=O) groups excluding carboxylic acids is 1. The molecule has 0 aliphatic carbocycles. The molecule has 0 unspecified atom stereocenters. The van der Waals surface area contributed by atoms with Crippen molar-refractivity contribution in [3.8, 4) is 0 Å². The zero-order valence-electron chi connectivity index (χ0n) is 13.0. The van der Waals surface area contributed by atoms with Crippen LogP contribution in [0.15, 0.2) is 48.8 Å². The monoisotopic (exact) mass is 325 g/mol. The molecule has 4 nitrogen and oxygen atoms in total. The first-order valence-corrected chi connectivity index (χ1v) is 8.58. The summed E-state index contributed by atoms with van der Waals surface area (Å²) in [6, 6.07) is 12.0. The summed E-state index contributed by atoms with van der Waals surface area (Å²) in [7, 11) is 0. The van der Waals surface area contributed by atoms with Crippen LogP contribution in [0.25, 0.3) is 10.2 Å². The third-order valence-electron chi connectivity index (χ3n) is 3.72. The summed E-state index contributed by atoms with van der Waals surface area (Å²) in [6.45, 7) is 1.99. The number of benzene rings is 1. The molecule has 1 amide bonds. The molecule has 1 atom stereocenters. The summed E-state index contributed by atoms with van der Waals surface area (Å²) < 4.78 is 1.21. The lowest BCUT2D eigenvalue weighted by molar-refractivity contribution is -0.121. The van der Waals surface area contributed by atoms with Gasteiger partial charge in [-0.25, -0.2) is 4.98 Å². The minimum absolute atomic E-state index is 0.00736. The maximum absolute atomic E-state index is 12.0. The number of nitrogens with one attached hydrogen (secondary N) is 1. The van der Waals surface area contributed by atoms with Crippen molar-refractivity contribution in [2.24, 2.45) is 0 Å². The van der Waals surface area contributed by atoms with E-state index in [-0.39, 0.29) is 11.9 Å². The van der Waals surface area contributed by atoms with Crippen molar-refractivity contribution in [1.29, 1.82) is 0 Å². The minimum atomic E-state index is 0.00736. The highest BCUT2D eigenvalue weighted by atomic mass is 32.1. The number of nitrogens with zero attached hydrogens (tertiary/aromatic N) is 2. The van der Waals surface area contributed by atoms with E-state index in [1.807, 2.05) is 37.3 Å². The fraction of sp³-hybridized carbons (Fsp3) is 0.278. The second kappa shape index (κ2) is 7.33. The van der Waals surface area contributed by atoms with Gasteiger partial charge in [0.25, 0.3) is 0 Å². The molecule has 0 saturated heterocycles. The van der Waals surface area contributed by atoms with Gasteiger partial charge in [0.2, 0.25) is 5.91 Å². The molecule has 23 heavy (non-hydrogen) atoms. The predicted octanol–water partition coefficient (Wildman–Crippen LogP) is 3.89. The lowest BCUT2D eigenvalue weighted by Gasteiger charge is -2.13. The molecule has 2 aromatic heterocycles. The van der Waals surface area contributed by atoms with Crippen LogP contribution >= 0.6 is 11.3 Å². The van der Waals surface area contributed by atoms with E-state index in [0.717, 1.165) is 28.9 Å². The molecule has 118 valence electrons. The molecule has 0 spiro atoms. The smallest absolute Gasteiger partial charge is 0.220 e. The molecule has 0 fully saturated rings. The van der Waals surface area contributed by atoms with Gasteiger partial charge in [0.1, 0.15) is 0 Å². The van der Waals surface area contributed by atoms with E-state index in [1.165, 1.54) is 4.70 Å². The van der Waals surface area contributed by atoms with Gasteiger partial charge in [0.15, 0.2) is 0 Å². The topological polar surface area (TPSA) is 54.9 Å². The maximum atomic E-state index is 12.0. The minimum Gasteiger partial charge on any atom is -0.350 e. The average molecular weight is 325 g/mol. The Morgan fingerprint density at radius 2 is 2.00 bits per heavy atom. The first-order chi connectivity index (χ1) is 11.2. The lowest BCUT2D eigenvalue weighted by Crippen LogP contribution is -2.26. The van der Waals surface area contributed by atoms with Crippen LogP contribution in [0.1, 0.15) is 36.4 Å². The van der Waals surface area contributed by atoms with E-state index in [0.29, 0.717) is 6.42 Å². The van der Waals surface area contributed by atoms with Gasteiger partial charge in [-0.15, -0.1) is 11.3 Å². The van der Waals surface area contributed by atoms with Crippen molar-refractivity contribution >= 4 is 27.5 Å². The van der Waals surface area contributed by atoms with E-state index in [9.17, 15) is 4.79 Å². The Bertz CT molecular complexity index is 752. The normalized spacial score (nSPS) is 12.2. The molecular weight excluding hydrogens is 306 g/mol. The summed E-state index contributed by atoms with van der Waals surface area (Å²) in [5.41, 5.74) is 2.11. The van der Waals surface area contributed by atoms with Gasteiger partial charge >= 0.3 is 0 Å². The largest absolute Gasteiger partial charge is 0.350 e. The molecule has 5 heteroatoms. The highest BCUT2D eigenvalue weighted by molar-refractivity contribution is 7.18. The fourth-order valence-corrected chi connectivity index (χ4v) is 3.49. The van der Waals surface area contributed by atoms with Crippen LogP contribution in [0.4, 0.5) is 0 Å². The Hall–Kier alpha value is -2.27. The predicted molar refractivity (Wildman–Crippen MR) is 93.4 cm³/mol. The van der Waals surface area contributed by atoms with Crippen LogP contribution in [0.2, 0.25) is 0 Å². The molecule has 0 aliphatic heterocycles. The van der Waals surface area contributed by atoms with Gasteiger partial charge in [0, 0.05) is 18.8 Å². The molecule has 0 aliphatic rings. The zero-order chi connectivity index (χ0) is 16.1. The molecule has 3 rings (SSSR count). The quantitative estimate of drug-likeness (QED) is 0.748. The van der Waals surface area contributed by atoms with Crippen molar-refractivity contribution in [2.45, 2.75) is 32.2 Å². The van der Waals surface area contributed by atoms with Crippen molar-refractivity contribution in [3.63, 3.8) is 0 Å². The number of aromatic nitrogens is 2. The van der Waals surface area contributed by atoms with Crippen LogP contribution in [-0.2, 0) is 11.2 Å².